The first-order valence-corrected chi connectivity index (χ1v) is 6.63. The third-order valence-electron chi connectivity index (χ3n) is 3.31. The van der Waals surface area contributed by atoms with Gasteiger partial charge in [-0.1, -0.05) is 13.0 Å². The Hall–Kier alpha value is -1.06. The minimum absolute atomic E-state index is 0.582. The largest absolute Gasteiger partial charge is 0.496 e. The Balaban J connectivity index is 2.56. The summed E-state index contributed by atoms with van der Waals surface area (Å²) in [6.07, 6.45) is 1.11. The standard InChI is InChI=1S/C15H26N2O/c1-11(9-16)5-6-17-10-14-13(3)7-12(2)8-15(14)18-4/h7-8,11,17H,5-6,9-10,16H2,1-4H3. The van der Waals surface area contributed by atoms with E-state index < -0.39 is 0 Å². The van der Waals surface area contributed by atoms with E-state index >= 15 is 0 Å². The summed E-state index contributed by atoms with van der Waals surface area (Å²) in [6.45, 7) is 9.01. The van der Waals surface area contributed by atoms with Crippen LogP contribution in [0.3, 0.4) is 0 Å². The average molecular weight is 250 g/mol. The van der Waals surface area contributed by atoms with Gasteiger partial charge in [0.25, 0.3) is 0 Å². The molecular weight excluding hydrogens is 224 g/mol. The van der Waals surface area contributed by atoms with E-state index in [0.29, 0.717) is 5.92 Å². The van der Waals surface area contributed by atoms with E-state index in [1.165, 1.54) is 16.7 Å². The van der Waals surface area contributed by atoms with Crippen LogP contribution in [-0.4, -0.2) is 20.2 Å². The summed E-state index contributed by atoms with van der Waals surface area (Å²) in [5.41, 5.74) is 9.38. The first-order valence-electron chi connectivity index (χ1n) is 6.63. The first kappa shape index (κ1) is 15.0. The lowest BCUT2D eigenvalue weighted by molar-refractivity contribution is 0.406. The van der Waals surface area contributed by atoms with Crippen molar-refractivity contribution in [1.29, 1.82) is 0 Å². The van der Waals surface area contributed by atoms with Crippen molar-refractivity contribution in [3.63, 3.8) is 0 Å². The van der Waals surface area contributed by atoms with Crippen molar-refractivity contribution in [2.24, 2.45) is 11.7 Å². The van der Waals surface area contributed by atoms with E-state index in [4.69, 9.17) is 10.5 Å². The minimum Gasteiger partial charge on any atom is -0.496 e. The van der Waals surface area contributed by atoms with Crippen LogP contribution in [0.15, 0.2) is 12.1 Å². The minimum atomic E-state index is 0.582. The Bertz CT molecular complexity index is 377. The van der Waals surface area contributed by atoms with Crippen molar-refractivity contribution in [2.45, 2.75) is 33.7 Å². The molecule has 0 aliphatic rings. The molecule has 18 heavy (non-hydrogen) atoms. The Morgan fingerprint density at radius 3 is 2.67 bits per heavy atom. The van der Waals surface area contributed by atoms with Gasteiger partial charge in [-0.05, 0) is 56.5 Å². The van der Waals surface area contributed by atoms with Crippen molar-refractivity contribution < 1.29 is 4.74 Å². The Morgan fingerprint density at radius 2 is 2.06 bits per heavy atom. The molecule has 0 fully saturated rings. The molecule has 0 aromatic heterocycles. The van der Waals surface area contributed by atoms with Crippen LogP contribution in [0.5, 0.6) is 5.75 Å². The molecule has 0 saturated carbocycles. The van der Waals surface area contributed by atoms with Crippen LogP contribution in [0.4, 0.5) is 0 Å². The van der Waals surface area contributed by atoms with Gasteiger partial charge in [0.2, 0.25) is 0 Å². The molecule has 3 N–H and O–H groups in total. The normalized spacial score (nSPS) is 12.5. The number of hydrogen-bond donors (Lipinski definition) is 2. The highest BCUT2D eigenvalue weighted by Gasteiger charge is 2.07. The third-order valence-corrected chi connectivity index (χ3v) is 3.31. The summed E-state index contributed by atoms with van der Waals surface area (Å²) in [6, 6.07) is 4.29. The van der Waals surface area contributed by atoms with Gasteiger partial charge >= 0.3 is 0 Å². The second-order valence-corrected chi connectivity index (χ2v) is 5.07. The number of rotatable bonds is 7. The fourth-order valence-electron chi connectivity index (χ4n) is 2.05. The number of nitrogens with one attached hydrogen (secondary N) is 1. The molecule has 0 saturated heterocycles. The van der Waals surface area contributed by atoms with Crippen molar-refractivity contribution >= 4 is 0 Å². The van der Waals surface area contributed by atoms with Gasteiger partial charge in [0.05, 0.1) is 7.11 Å². The quantitative estimate of drug-likeness (QED) is 0.730. The number of hydrogen-bond acceptors (Lipinski definition) is 3. The molecule has 0 aliphatic heterocycles. The van der Waals surface area contributed by atoms with Crippen LogP contribution in [0.2, 0.25) is 0 Å². The molecule has 1 aromatic rings. The SMILES string of the molecule is COc1cc(C)cc(C)c1CNCCC(C)CN. The molecule has 1 rings (SSSR count). The lowest BCUT2D eigenvalue weighted by Gasteiger charge is -2.14. The Morgan fingerprint density at radius 1 is 1.33 bits per heavy atom. The molecule has 0 bridgehead atoms. The number of benzene rings is 1. The van der Waals surface area contributed by atoms with Crippen molar-refractivity contribution in [3.8, 4) is 5.75 Å². The van der Waals surface area contributed by atoms with E-state index in [2.05, 4.69) is 38.2 Å². The Kier molecular flexibility index (Phi) is 6.16. The number of nitrogens with two attached hydrogens (primary N) is 1. The summed E-state index contributed by atoms with van der Waals surface area (Å²) in [4.78, 5) is 0. The molecule has 1 aromatic carbocycles. The topological polar surface area (TPSA) is 47.3 Å². The molecule has 102 valence electrons. The molecule has 1 unspecified atom stereocenters. The second-order valence-electron chi connectivity index (χ2n) is 5.07. The van der Waals surface area contributed by atoms with Gasteiger partial charge in [0.1, 0.15) is 5.75 Å². The molecule has 0 heterocycles. The zero-order valence-corrected chi connectivity index (χ0v) is 12.0. The predicted octanol–water partition coefficient (Wildman–Crippen LogP) is 2.39. The van der Waals surface area contributed by atoms with Gasteiger partial charge < -0.3 is 15.8 Å². The van der Waals surface area contributed by atoms with Crippen molar-refractivity contribution in [2.75, 3.05) is 20.2 Å². The van der Waals surface area contributed by atoms with Crippen LogP contribution in [0, 0.1) is 19.8 Å². The van der Waals surface area contributed by atoms with Crippen molar-refractivity contribution in [1.82, 2.24) is 5.32 Å². The summed E-state index contributed by atoms with van der Waals surface area (Å²) in [5, 5.41) is 3.47. The van der Waals surface area contributed by atoms with Crippen LogP contribution < -0.4 is 15.8 Å². The van der Waals surface area contributed by atoms with Gasteiger partial charge in [0.15, 0.2) is 0 Å². The van der Waals surface area contributed by atoms with Gasteiger partial charge in [-0.3, -0.25) is 0 Å². The van der Waals surface area contributed by atoms with Crippen LogP contribution >= 0.6 is 0 Å². The number of methoxy groups -OCH3 is 1. The van der Waals surface area contributed by atoms with Gasteiger partial charge in [-0.2, -0.15) is 0 Å². The zero-order chi connectivity index (χ0) is 13.5. The van der Waals surface area contributed by atoms with E-state index in [9.17, 15) is 0 Å². The fraction of sp³-hybridized carbons (Fsp3) is 0.600. The van der Waals surface area contributed by atoms with Crippen LogP contribution in [0.25, 0.3) is 0 Å². The van der Waals surface area contributed by atoms with Gasteiger partial charge in [-0.15, -0.1) is 0 Å². The maximum Gasteiger partial charge on any atom is 0.123 e. The zero-order valence-electron chi connectivity index (χ0n) is 12.0. The van der Waals surface area contributed by atoms with E-state index in [0.717, 1.165) is 31.8 Å². The monoisotopic (exact) mass is 250 g/mol. The smallest absolute Gasteiger partial charge is 0.123 e. The van der Waals surface area contributed by atoms with Crippen LogP contribution in [0.1, 0.15) is 30.0 Å². The lowest BCUT2D eigenvalue weighted by Crippen LogP contribution is -2.21. The third kappa shape index (κ3) is 4.31. The average Bonchev–Trinajstić information content (AvgIpc) is 2.35. The fourth-order valence-corrected chi connectivity index (χ4v) is 2.05. The molecule has 0 spiro atoms. The molecule has 0 aliphatic carbocycles. The molecule has 3 nitrogen and oxygen atoms in total. The van der Waals surface area contributed by atoms with Crippen molar-refractivity contribution in [3.05, 3.63) is 28.8 Å². The van der Waals surface area contributed by atoms with Gasteiger partial charge in [0, 0.05) is 12.1 Å². The van der Waals surface area contributed by atoms with E-state index in [1.807, 2.05) is 0 Å². The maximum absolute atomic E-state index is 5.60. The number of ether oxygens (including phenoxy) is 1. The molecule has 0 radical (unpaired) electrons. The maximum atomic E-state index is 5.60. The summed E-state index contributed by atoms with van der Waals surface area (Å²) in [7, 11) is 1.73. The van der Waals surface area contributed by atoms with E-state index in [-0.39, 0.29) is 0 Å². The summed E-state index contributed by atoms with van der Waals surface area (Å²) in [5.74, 6) is 1.56. The summed E-state index contributed by atoms with van der Waals surface area (Å²) < 4.78 is 5.45. The molecule has 0 amide bonds. The molecule has 3 heteroatoms. The number of aryl methyl sites for hydroxylation is 2. The summed E-state index contributed by atoms with van der Waals surface area (Å²) >= 11 is 0. The molecular formula is C15H26N2O. The first-order chi connectivity index (χ1) is 8.58. The molecule has 1 atom stereocenters. The lowest BCUT2D eigenvalue weighted by atomic mass is 10.0. The van der Waals surface area contributed by atoms with E-state index in [1.54, 1.807) is 7.11 Å². The second kappa shape index (κ2) is 7.39. The highest BCUT2D eigenvalue weighted by Crippen LogP contribution is 2.23. The van der Waals surface area contributed by atoms with Crippen LogP contribution in [-0.2, 0) is 6.54 Å². The highest BCUT2D eigenvalue weighted by molar-refractivity contribution is 5.42. The highest BCUT2D eigenvalue weighted by atomic mass is 16.5. The van der Waals surface area contributed by atoms with Gasteiger partial charge in [-0.25, -0.2) is 0 Å². The predicted molar refractivity (Wildman–Crippen MR) is 77.0 cm³/mol. The Labute approximate surface area is 111 Å².